The van der Waals surface area contributed by atoms with Crippen LogP contribution < -0.4 is 15.4 Å². The van der Waals surface area contributed by atoms with Crippen molar-refractivity contribution in [2.45, 2.75) is 6.92 Å². The fourth-order valence-electron chi connectivity index (χ4n) is 2.25. The molecule has 0 aliphatic carbocycles. The lowest BCUT2D eigenvalue weighted by molar-refractivity contribution is 0.102. The number of amides is 1. The molecule has 1 heterocycles. The molecule has 2 N–H and O–H groups in total. The molecule has 0 atom stereocenters. The fourth-order valence-corrected chi connectivity index (χ4v) is 3.30. The predicted molar refractivity (Wildman–Crippen MR) is 102 cm³/mol. The van der Waals surface area contributed by atoms with Crippen molar-refractivity contribution in [1.82, 2.24) is 4.98 Å². The summed E-state index contributed by atoms with van der Waals surface area (Å²) in [5.41, 5.74) is 1.40. The van der Waals surface area contributed by atoms with Gasteiger partial charge in [0.05, 0.1) is 18.5 Å². The molecule has 0 fully saturated rings. The molecule has 26 heavy (non-hydrogen) atoms. The molecule has 0 saturated carbocycles. The van der Waals surface area contributed by atoms with Crippen LogP contribution in [0.4, 0.5) is 20.9 Å². The van der Waals surface area contributed by atoms with Crippen molar-refractivity contribution in [3.8, 4) is 5.75 Å². The fraction of sp³-hybridized carbons (Fsp3) is 0.111. The van der Waals surface area contributed by atoms with Gasteiger partial charge in [0.1, 0.15) is 16.4 Å². The summed E-state index contributed by atoms with van der Waals surface area (Å²) >= 11 is 6.90. The molecule has 1 aromatic heterocycles. The number of hydrogen-bond donors (Lipinski definition) is 2. The van der Waals surface area contributed by atoms with Crippen molar-refractivity contribution in [2.24, 2.45) is 0 Å². The number of nitrogens with one attached hydrogen (secondary N) is 2. The van der Waals surface area contributed by atoms with Crippen LogP contribution in [0, 0.1) is 12.7 Å². The highest BCUT2D eigenvalue weighted by molar-refractivity contribution is 7.17. The molecule has 0 spiro atoms. The average molecular weight is 392 g/mol. The van der Waals surface area contributed by atoms with Crippen LogP contribution in [0.5, 0.6) is 5.75 Å². The van der Waals surface area contributed by atoms with Crippen LogP contribution in [0.3, 0.4) is 0 Å². The summed E-state index contributed by atoms with van der Waals surface area (Å²) in [6, 6.07) is 11.4. The first-order chi connectivity index (χ1) is 12.5. The Kier molecular flexibility index (Phi) is 5.39. The number of aromatic nitrogens is 1. The summed E-state index contributed by atoms with van der Waals surface area (Å²) in [7, 11) is 1.59. The van der Waals surface area contributed by atoms with E-state index in [1.807, 2.05) is 24.3 Å². The molecule has 0 radical (unpaired) electrons. The predicted octanol–water partition coefficient (Wildman–Crippen LogP) is 5.25. The molecule has 2 aromatic carbocycles. The number of methoxy groups -OCH3 is 1. The second kappa shape index (κ2) is 7.72. The first-order valence-corrected chi connectivity index (χ1v) is 8.80. The first-order valence-electron chi connectivity index (χ1n) is 7.61. The number of rotatable bonds is 5. The summed E-state index contributed by atoms with van der Waals surface area (Å²) in [4.78, 5) is 17.2. The number of hydrogen-bond acceptors (Lipinski definition) is 5. The minimum Gasteiger partial charge on any atom is -0.497 e. The summed E-state index contributed by atoms with van der Waals surface area (Å²) in [6.45, 7) is 1.72. The van der Waals surface area contributed by atoms with Gasteiger partial charge in [0.2, 0.25) is 0 Å². The number of thiazole rings is 1. The lowest BCUT2D eigenvalue weighted by Crippen LogP contribution is -2.12. The molecule has 1 amide bonds. The maximum Gasteiger partial charge on any atom is 0.267 e. The van der Waals surface area contributed by atoms with Crippen LogP contribution in [0.1, 0.15) is 15.4 Å². The van der Waals surface area contributed by atoms with Crippen molar-refractivity contribution in [1.29, 1.82) is 0 Å². The number of halogens is 2. The Morgan fingerprint density at radius 3 is 2.81 bits per heavy atom. The molecule has 134 valence electrons. The molecule has 5 nitrogen and oxygen atoms in total. The SMILES string of the molecule is COc1cccc(Nc2nc(C)c(C(=O)Nc3ccc(Cl)cc3F)s2)c1. The van der Waals surface area contributed by atoms with Gasteiger partial charge in [-0.25, -0.2) is 9.37 Å². The van der Waals surface area contributed by atoms with Crippen LogP contribution in [-0.4, -0.2) is 18.0 Å². The summed E-state index contributed by atoms with van der Waals surface area (Å²) in [5.74, 6) is -0.317. The maximum atomic E-state index is 13.9. The zero-order chi connectivity index (χ0) is 18.7. The van der Waals surface area contributed by atoms with Gasteiger partial charge in [-0.2, -0.15) is 0 Å². The standard InChI is InChI=1S/C18H15ClFN3O2S/c1-10-16(17(24)23-15-7-6-11(19)8-14(15)20)26-18(21-10)22-12-4-3-5-13(9-12)25-2/h3-9H,1-2H3,(H,21,22)(H,23,24). The average Bonchev–Trinajstić information content (AvgIpc) is 2.98. The molecular weight excluding hydrogens is 377 g/mol. The van der Waals surface area contributed by atoms with Gasteiger partial charge in [-0.05, 0) is 37.3 Å². The van der Waals surface area contributed by atoms with Crippen LogP contribution >= 0.6 is 22.9 Å². The quantitative estimate of drug-likeness (QED) is 0.623. The third-order valence-corrected chi connectivity index (χ3v) is 4.81. The number of nitrogens with zero attached hydrogens (tertiary/aromatic N) is 1. The van der Waals surface area contributed by atoms with E-state index >= 15 is 0 Å². The normalized spacial score (nSPS) is 10.5. The summed E-state index contributed by atoms with van der Waals surface area (Å²) in [6.07, 6.45) is 0. The van der Waals surface area contributed by atoms with Crippen molar-refractivity contribution in [3.63, 3.8) is 0 Å². The molecule has 3 rings (SSSR count). The number of aryl methyl sites for hydroxylation is 1. The molecule has 0 aliphatic rings. The maximum absolute atomic E-state index is 13.9. The largest absolute Gasteiger partial charge is 0.497 e. The number of carbonyl (C=O) groups is 1. The second-order valence-corrected chi connectivity index (χ2v) is 6.80. The topological polar surface area (TPSA) is 63.2 Å². The summed E-state index contributed by atoms with van der Waals surface area (Å²) in [5, 5.41) is 6.49. The van der Waals surface area contributed by atoms with Crippen LogP contribution in [0.15, 0.2) is 42.5 Å². The van der Waals surface area contributed by atoms with Gasteiger partial charge in [-0.15, -0.1) is 0 Å². The van der Waals surface area contributed by atoms with Gasteiger partial charge < -0.3 is 15.4 Å². The van der Waals surface area contributed by atoms with E-state index in [0.717, 1.165) is 11.8 Å². The van der Waals surface area contributed by atoms with Crippen molar-refractivity contribution < 1.29 is 13.9 Å². The molecule has 0 aliphatic heterocycles. The third-order valence-electron chi connectivity index (χ3n) is 3.50. The van der Waals surface area contributed by atoms with Gasteiger partial charge in [0.15, 0.2) is 5.13 Å². The molecule has 3 aromatic rings. The van der Waals surface area contributed by atoms with Crippen LogP contribution in [0.25, 0.3) is 0 Å². The minimum atomic E-state index is -0.595. The van der Waals surface area contributed by atoms with E-state index in [1.54, 1.807) is 14.0 Å². The number of benzene rings is 2. The van der Waals surface area contributed by atoms with Crippen LogP contribution in [0.2, 0.25) is 5.02 Å². The molecular formula is C18H15ClFN3O2S. The van der Waals surface area contributed by atoms with E-state index in [0.29, 0.717) is 21.5 Å². The van der Waals surface area contributed by atoms with E-state index in [9.17, 15) is 9.18 Å². The molecule has 0 saturated heterocycles. The third kappa shape index (κ3) is 4.12. The monoisotopic (exact) mass is 391 g/mol. The Bertz CT molecular complexity index is 961. The Hall–Kier alpha value is -2.64. The van der Waals surface area contributed by atoms with Crippen molar-refractivity contribution in [2.75, 3.05) is 17.7 Å². The van der Waals surface area contributed by atoms with Gasteiger partial charge in [0, 0.05) is 16.8 Å². The zero-order valence-electron chi connectivity index (χ0n) is 14.0. The zero-order valence-corrected chi connectivity index (χ0v) is 15.5. The van der Waals surface area contributed by atoms with Crippen molar-refractivity contribution in [3.05, 3.63) is 63.9 Å². The second-order valence-electron chi connectivity index (χ2n) is 5.37. The molecule has 0 bridgehead atoms. The number of ether oxygens (including phenoxy) is 1. The van der Waals surface area contributed by atoms with E-state index in [2.05, 4.69) is 15.6 Å². The molecule has 8 heteroatoms. The van der Waals surface area contributed by atoms with Gasteiger partial charge >= 0.3 is 0 Å². The first kappa shape index (κ1) is 18.2. The highest BCUT2D eigenvalue weighted by Gasteiger charge is 2.17. The number of anilines is 3. The van der Waals surface area contributed by atoms with Gasteiger partial charge in [-0.1, -0.05) is 29.0 Å². The minimum absolute atomic E-state index is 0.0644. The summed E-state index contributed by atoms with van der Waals surface area (Å²) < 4.78 is 19.0. The Balaban J connectivity index is 1.77. The van der Waals surface area contributed by atoms with Gasteiger partial charge in [-0.3, -0.25) is 4.79 Å². The smallest absolute Gasteiger partial charge is 0.267 e. The Morgan fingerprint density at radius 1 is 1.27 bits per heavy atom. The van der Waals surface area contributed by atoms with Gasteiger partial charge in [0.25, 0.3) is 5.91 Å². The lowest BCUT2D eigenvalue weighted by atomic mass is 10.3. The van der Waals surface area contributed by atoms with E-state index in [4.69, 9.17) is 16.3 Å². The van der Waals surface area contributed by atoms with Crippen LogP contribution in [-0.2, 0) is 0 Å². The molecule has 0 unspecified atom stereocenters. The Labute approximate surface area is 158 Å². The van der Waals surface area contributed by atoms with Crippen molar-refractivity contribution >= 4 is 45.4 Å². The van der Waals surface area contributed by atoms with E-state index < -0.39 is 11.7 Å². The van der Waals surface area contributed by atoms with E-state index in [1.165, 1.54) is 23.5 Å². The lowest BCUT2D eigenvalue weighted by Gasteiger charge is -2.05. The highest BCUT2D eigenvalue weighted by Crippen LogP contribution is 2.28. The Morgan fingerprint density at radius 2 is 2.08 bits per heavy atom. The number of carbonyl (C=O) groups excluding carboxylic acids is 1. The van der Waals surface area contributed by atoms with E-state index in [-0.39, 0.29) is 10.7 Å². The highest BCUT2D eigenvalue weighted by atomic mass is 35.5.